The maximum Gasteiger partial charge on any atom is 0.227 e. The van der Waals surface area contributed by atoms with E-state index in [1.807, 2.05) is 30.7 Å². The number of rotatable bonds is 2. The Morgan fingerprint density at radius 1 is 1.13 bits per heavy atom. The Labute approximate surface area is 135 Å². The molecule has 0 bridgehead atoms. The molecule has 0 atom stereocenters. The van der Waals surface area contributed by atoms with Crippen LogP contribution in [0.2, 0.25) is 0 Å². The molecule has 0 aromatic carbocycles. The zero-order chi connectivity index (χ0) is 15.9. The molecule has 7 heteroatoms. The smallest absolute Gasteiger partial charge is 0.227 e. The lowest BCUT2D eigenvalue weighted by molar-refractivity contribution is -0.169. The minimum Gasteiger partial charge on any atom is -0.347 e. The molecule has 2 aromatic heterocycles. The summed E-state index contributed by atoms with van der Waals surface area (Å²) in [5, 5.41) is 4.49. The number of aromatic nitrogens is 4. The van der Waals surface area contributed by atoms with Gasteiger partial charge in [0.25, 0.3) is 0 Å². The molecule has 122 valence electrons. The zero-order valence-corrected chi connectivity index (χ0v) is 13.5. The van der Waals surface area contributed by atoms with Gasteiger partial charge in [0.1, 0.15) is 0 Å². The summed E-state index contributed by atoms with van der Waals surface area (Å²) in [5.74, 6) is 1.17. The van der Waals surface area contributed by atoms with Gasteiger partial charge in [-0.1, -0.05) is 0 Å². The van der Waals surface area contributed by atoms with Crippen LogP contribution in [0.4, 0.5) is 5.95 Å². The van der Waals surface area contributed by atoms with Gasteiger partial charge in [-0.05, 0) is 19.9 Å². The number of aryl methyl sites for hydroxylation is 2. The third kappa shape index (κ3) is 2.70. The van der Waals surface area contributed by atoms with Crippen molar-refractivity contribution in [1.29, 1.82) is 0 Å². The number of nitrogens with zero attached hydrogens (tertiary/aromatic N) is 5. The van der Waals surface area contributed by atoms with E-state index in [1.54, 1.807) is 6.20 Å². The fourth-order valence-electron chi connectivity index (χ4n) is 3.30. The number of hydrogen-bond acceptors (Lipinski definition) is 6. The molecule has 1 spiro atoms. The van der Waals surface area contributed by atoms with Crippen LogP contribution >= 0.6 is 0 Å². The van der Waals surface area contributed by atoms with E-state index in [4.69, 9.17) is 9.47 Å². The van der Waals surface area contributed by atoms with Crippen LogP contribution < -0.4 is 4.90 Å². The predicted molar refractivity (Wildman–Crippen MR) is 84.7 cm³/mol. The van der Waals surface area contributed by atoms with Crippen molar-refractivity contribution in [2.24, 2.45) is 0 Å². The van der Waals surface area contributed by atoms with Gasteiger partial charge in [0.2, 0.25) is 5.95 Å². The maximum atomic E-state index is 5.77. The van der Waals surface area contributed by atoms with E-state index in [2.05, 4.69) is 20.0 Å². The summed E-state index contributed by atoms with van der Waals surface area (Å²) in [5.41, 5.74) is 2.05. The van der Waals surface area contributed by atoms with E-state index in [9.17, 15) is 0 Å². The predicted octanol–water partition coefficient (Wildman–Crippen LogP) is 1.62. The third-order valence-electron chi connectivity index (χ3n) is 4.48. The summed E-state index contributed by atoms with van der Waals surface area (Å²) in [4.78, 5) is 11.3. The molecule has 0 aliphatic carbocycles. The first-order valence-corrected chi connectivity index (χ1v) is 8.05. The van der Waals surface area contributed by atoms with Crippen molar-refractivity contribution in [2.75, 3.05) is 31.2 Å². The standard InChI is InChI=1S/C16H21N5O2/c1-12-11-13(2)21(19-12)14-3-6-17-15(18-14)20-7-4-16(5-8-20)22-9-10-23-16/h3,6,11H,4-5,7-10H2,1-2H3. The van der Waals surface area contributed by atoms with Crippen molar-refractivity contribution in [3.05, 3.63) is 29.7 Å². The molecule has 0 amide bonds. The SMILES string of the molecule is Cc1cc(C)n(-c2ccnc(N3CCC4(CC3)OCCO4)n2)n1. The lowest BCUT2D eigenvalue weighted by Gasteiger charge is -2.37. The van der Waals surface area contributed by atoms with Gasteiger partial charge in [0, 0.05) is 43.9 Å². The Balaban J connectivity index is 1.54. The van der Waals surface area contributed by atoms with Crippen LogP contribution in [-0.2, 0) is 9.47 Å². The minimum atomic E-state index is -0.371. The van der Waals surface area contributed by atoms with Gasteiger partial charge in [-0.25, -0.2) is 9.67 Å². The van der Waals surface area contributed by atoms with Crippen LogP contribution in [0.25, 0.3) is 5.82 Å². The highest BCUT2D eigenvalue weighted by Gasteiger charge is 2.40. The Morgan fingerprint density at radius 2 is 1.87 bits per heavy atom. The molecule has 7 nitrogen and oxygen atoms in total. The topological polar surface area (TPSA) is 65.3 Å². The summed E-state index contributed by atoms with van der Waals surface area (Å²) in [6.45, 7) is 7.08. The van der Waals surface area contributed by atoms with Gasteiger partial charge in [-0.2, -0.15) is 10.1 Å². The molecule has 0 radical (unpaired) electrons. The van der Waals surface area contributed by atoms with Gasteiger partial charge in [0.15, 0.2) is 11.6 Å². The Hall–Kier alpha value is -1.99. The van der Waals surface area contributed by atoms with Crippen LogP contribution in [0.5, 0.6) is 0 Å². The first-order valence-electron chi connectivity index (χ1n) is 8.05. The molecule has 2 fully saturated rings. The molecule has 2 aromatic rings. The molecule has 23 heavy (non-hydrogen) atoms. The molecule has 0 unspecified atom stereocenters. The molecule has 0 saturated carbocycles. The van der Waals surface area contributed by atoms with Crippen LogP contribution in [0.15, 0.2) is 18.3 Å². The lowest BCUT2D eigenvalue weighted by atomic mass is 10.0. The Bertz CT molecular complexity index is 698. The van der Waals surface area contributed by atoms with E-state index in [1.165, 1.54) is 0 Å². The van der Waals surface area contributed by atoms with Crippen molar-refractivity contribution in [3.63, 3.8) is 0 Å². The molecular weight excluding hydrogens is 294 g/mol. The summed E-state index contributed by atoms with van der Waals surface area (Å²) in [7, 11) is 0. The fraction of sp³-hybridized carbons (Fsp3) is 0.562. The molecule has 0 N–H and O–H groups in total. The highest BCUT2D eigenvalue weighted by molar-refractivity contribution is 5.36. The molecule has 2 saturated heterocycles. The van der Waals surface area contributed by atoms with Gasteiger partial charge in [-0.3, -0.25) is 0 Å². The van der Waals surface area contributed by atoms with E-state index in [-0.39, 0.29) is 5.79 Å². The highest BCUT2D eigenvalue weighted by Crippen LogP contribution is 2.32. The van der Waals surface area contributed by atoms with E-state index < -0.39 is 0 Å². The number of piperidine rings is 1. The monoisotopic (exact) mass is 315 g/mol. The molecule has 2 aliphatic heterocycles. The second kappa shape index (κ2) is 5.58. The largest absolute Gasteiger partial charge is 0.347 e. The van der Waals surface area contributed by atoms with E-state index >= 15 is 0 Å². The Morgan fingerprint density at radius 3 is 2.52 bits per heavy atom. The summed E-state index contributed by atoms with van der Waals surface area (Å²) >= 11 is 0. The van der Waals surface area contributed by atoms with Gasteiger partial charge in [0.05, 0.1) is 18.9 Å². The summed E-state index contributed by atoms with van der Waals surface area (Å²) < 4.78 is 13.4. The first kappa shape index (κ1) is 14.6. The van der Waals surface area contributed by atoms with Crippen molar-refractivity contribution < 1.29 is 9.47 Å². The van der Waals surface area contributed by atoms with Crippen molar-refractivity contribution in [3.8, 4) is 5.82 Å². The summed E-state index contributed by atoms with van der Waals surface area (Å²) in [6.07, 6.45) is 3.49. The van der Waals surface area contributed by atoms with Crippen LogP contribution in [0.1, 0.15) is 24.2 Å². The summed E-state index contributed by atoms with van der Waals surface area (Å²) in [6, 6.07) is 3.93. The van der Waals surface area contributed by atoms with Crippen LogP contribution in [-0.4, -0.2) is 51.8 Å². The second-order valence-corrected chi connectivity index (χ2v) is 6.15. The highest BCUT2D eigenvalue weighted by atomic mass is 16.7. The number of ether oxygens (including phenoxy) is 2. The van der Waals surface area contributed by atoms with Gasteiger partial charge < -0.3 is 14.4 Å². The van der Waals surface area contributed by atoms with Gasteiger partial charge in [-0.15, -0.1) is 0 Å². The third-order valence-corrected chi connectivity index (χ3v) is 4.48. The minimum absolute atomic E-state index is 0.371. The normalized spacial score (nSPS) is 20.3. The first-order chi connectivity index (χ1) is 11.2. The van der Waals surface area contributed by atoms with Gasteiger partial charge >= 0.3 is 0 Å². The van der Waals surface area contributed by atoms with Crippen molar-refractivity contribution >= 4 is 5.95 Å². The van der Waals surface area contributed by atoms with E-state index in [0.29, 0.717) is 13.2 Å². The average molecular weight is 315 g/mol. The maximum absolute atomic E-state index is 5.77. The van der Waals surface area contributed by atoms with Crippen molar-refractivity contribution in [1.82, 2.24) is 19.7 Å². The fourth-order valence-corrected chi connectivity index (χ4v) is 3.30. The second-order valence-electron chi connectivity index (χ2n) is 6.15. The van der Waals surface area contributed by atoms with E-state index in [0.717, 1.165) is 49.1 Å². The molecule has 2 aliphatic rings. The average Bonchev–Trinajstić information content (AvgIpc) is 3.15. The quantitative estimate of drug-likeness (QED) is 0.839. The zero-order valence-electron chi connectivity index (χ0n) is 13.5. The van der Waals surface area contributed by atoms with Crippen molar-refractivity contribution in [2.45, 2.75) is 32.5 Å². The lowest BCUT2D eigenvalue weighted by Crippen LogP contribution is -2.45. The molecule has 4 rings (SSSR count). The van der Waals surface area contributed by atoms with Crippen LogP contribution in [0, 0.1) is 13.8 Å². The molecule has 4 heterocycles. The Kier molecular flexibility index (Phi) is 3.54. The molecular formula is C16H21N5O2. The number of hydrogen-bond donors (Lipinski definition) is 0. The van der Waals surface area contributed by atoms with Crippen LogP contribution in [0.3, 0.4) is 0 Å². The number of anilines is 1.